The summed E-state index contributed by atoms with van der Waals surface area (Å²) in [5, 5.41) is 0. The van der Waals surface area contributed by atoms with E-state index in [1.165, 1.54) is 5.69 Å². The molecule has 1 saturated heterocycles. The molecule has 3 heteroatoms. The molecule has 70 valence electrons. The van der Waals surface area contributed by atoms with Gasteiger partial charge in [-0.1, -0.05) is 0 Å². The van der Waals surface area contributed by atoms with Gasteiger partial charge in [-0.05, 0) is 12.1 Å². The van der Waals surface area contributed by atoms with Crippen molar-refractivity contribution in [1.82, 2.24) is 4.57 Å². The van der Waals surface area contributed by atoms with Crippen LogP contribution >= 0.6 is 0 Å². The Hall–Kier alpha value is -0.800. The Bertz CT molecular complexity index is 312. The molecule has 3 nitrogen and oxygen atoms in total. The molecule has 0 saturated carbocycles. The van der Waals surface area contributed by atoms with Crippen molar-refractivity contribution in [3.8, 4) is 0 Å². The van der Waals surface area contributed by atoms with Crippen molar-refractivity contribution in [3.63, 3.8) is 0 Å². The van der Waals surface area contributed by atoms with Gasteiger partial charge in [-0.25, -0.2) is 0 Å². The minimum absolute atomic E-state index is 0.283. The first-order chi connectivity index (χ1) is 6.38. The Morgan fingerprint density at radius 1 is 1.31 bits per heavy atom. The van der Waals surface area contributed by atoms with E-state index in [9.17, 15) is 0 Å². The van der Waals surface area contributed by atoms with Crippen LogP contribution in [0.1, 0.15) is 12.1 Å². The lowest BCUT2D eigenvalue weighted by Gasteiger charge is -2.32. The number of aromatic nitrogens is 1. The summed E-state index contributed by atoms with van der Waals surface area (Å²) < 4.78 is 13.6. The molecule has 1 spiro atoms. The molecule has 1 aromatic heterocycles. The zero-order valence-corrected chi connectivity index (χ0v) is 7.53. The lowest BCUT2D eigenvalue weighted by molar-refractivity contribution is -0.169. The molecule has 13 heavy (non-hydrogen) atoms. The fraction of sp³-hybridized carbons (Fsp3) is 0.600. The number of hydrogen-bond acceptors (Lipinski definition) is 2. The Labute approximate surface area is 77.3 Å². The summed E-state index contributed by atoms with van der Waals surface area (Å²) in [5.41, 5.74) is 1.33. The second-order valence-electron chi connectivity index (χ2n) is 3.73. The van der Waals surface area contributed by atoms with Crippen molar-refractivity contribution in [3.05, 3.63) is 24.0 Å². The topological polar surface area (TPSA) is 23.4 Å². The molecule has 1 fully saturated rings. The minimum Gasteiger partial charge on any atom is -0.351 e. The van der Waals surface area contributed by atoms with Crippen molar-refractivity contribution < 1.29 is 9.47 Å². The zero-order valence-electron chi connectivity index (χ0n) is 7.53. The fourth-order valence-electron chi connectivity index (χ4n) is 2.23. The minimum atomic E-state index is -0.283. The summed E-state index contributed by atoms with van der Waals surface area (Å²) >= 11 is 0. The van der Waals surface area contributed by atoms with E-state index in [4.69, 9.17) is 9.47 Å². The van der Waals surface area contributed by atoms with Gasteiger partial charge in [-0.3, -0.25) is 0 Å². The molecular formula is C10H13NO2. The molecule has 3 rings (SSSR count). The van der Waals surface area contributed by atoms with E-state index in [0.717, 1.165) is 32.6 Å². The average molecular weight is 179 g/mol. The van der Waals surface area contributed by atoms with Crippen LogP contribution in [-0.2, 0) is 22.4 Å². The first kappa shape index (κ1) is 7.59. The highest BCUT2D eigenvalue weighted by Crippen LogP contribution is 2.32. The van der Waals surface area contributed by atoms with E-state index in [1.807, 2.05) is 0 Å². The van der Waals surface area contributed by atoms with Crippen molar-refractivity contribution >= 4 is 0 Å². The quantitative estimate of drug-likeness (QED) is 0.597. The highest BCUT2D eigenvalue weighted by atomic mass is 16.7. The molecular weight excluding hydrogens is 166 g/mol. The van der Waals surface area contributed by atoms with Crippen LogP contribution < -0.4 is 0 Å². The van der Waals surface area contributed by atoms with Crippen LogP contribution in [0.2, 0.25) is 0 Å². The summed E-state index contributed by atoms with van der Waals surface area (Å²) in [6, 6.07) is 4.23. The number of nitrogens with zero attached hydrogens (tertiary/aromatic N) is 1. The standard InChI is InChI=1S/C10H13NO2/c1-2-9-8-10(12-6-7-13-10)3-5-11(9)4-1/h1-2,4H,3,5-8H2. The average Bonchev–Trinajstić information content (AvgIpc) is 2.74. The van der Waals surface area contributed by atoms with Crippen LogP contribution in [0.25, 0.3) is 0 Å². The predicted molar refractivity (Wildman–Crippen MR) is 47.4 cm³/mol. The van der Waals surface area contributed by atoms with Crippen LogP contribution in [0.4, 0.5) is 0 Å². The molecule has 2 aliphatic heterocycles. The first-order valence-corrected chi connectivity index (χ1v) is 4.80. The highest BCUT2D eigenvalue weighted by molar-refractivity contribution is 5.12. The third kappa shape index (κ3) is 1.11. The van der Waals surface area contributed by atoms with E-state index >= 15 is 0 Å². The molecule has 0 atom stereocenters. The summed E-state index contributed by atoms with van der Waals surface area (Å²) in [5.74, 6) is -0.283. The van der Waals surface area contributed by atoms with Crippen LogP contribution in [0, 0.1) is 0 Å². The van der Waals surface area contributed by atoms with Crippen molar-refractivity contribution in [2.75, 3.05) is 13.2 Å². The largest absolute Gasteiger partial charge is 0.351 e. The zero-order chi connectivity index (χ0) is 8.73. The molecule has 0 amide bonds. The number of rotatable bonds is 0. The molecule has 0 N–H and O–H groups in total. The smallest absolute Gasteiger partial charge is 0.175 e. The van der Waals surface area contributed by atoms with Gasteiger partial charge in [0.05, 0.1) is 13.2 Å². The third-order valence-corrected chi connectivity index (χ3v) is 2.92. The molecule has 3 heterocycles. The number of hydrogen-bond donors (Lipinski definition) is 0. The van der Waals surface area contributed by atoms with Crippen LogP contribution in [0.15, 0.2) is 18.3 Å². The molecule has 1 aromatic rings. The van der Waals surface area contributed by atoms with E-state index in [0.29, 0.717) is 0 Å². The second kappa shape index (κ2) is 2.59. The Morgan fingerprint density at radius 3 is 3.00 bits per heavy atom. The van der Waals surface area contributed by atoms with Gasteiger partial charge in [-0.15, -0.1) is 0 Å². The number of aryl methyl sites for hydroxylation is 1. The summed E-state index contributed by atoms with van der Waals surface area (Å²) in [4.78, 5) is 0. The fourth-order valence-corrected chi connectivity index (χ4v) is 2.23. The molecule has 0 aromatic carbocycles. The van der Waals surface area contributed by atoms with Crippen molar-refractivity contribution in [1.29, 1.82) is 0 Å². The monoisotopic (exact) mass is 179 g/mol. The Kier molecular flexibility index (Phi) is 1.51. The van der Waals surface area contributed by atoms with Crippen molar-refractivity contribution in [2.45, 2.75) is 25.2 Å². The number of fused-ring (bicyclic) bond motifs is 1. The van der Waals surface area contributed by atoms with Gasteiger partial charge < -0.3 is 14.0 Å². The maximum atomic E-state index is 5.67. The van der Waals surface area contributed by atoms with E-state index < -0.39 is 0 Å². The van der Waals surface area contributed by atoms with Gasteiger partial charge >= 0.3 is 0 Å². The van der Waals surface area contributed by atoms with Gasteiger partial charge in [-0.2, -0.15) is 0 Å². The summed E-state index contributed by atoms with van der Waals surface area (Å²) in [6.45, 7) is 2.52. The third-order valence-electron chi connectivity index (χ3n) is 2.92. The maximum Gasteiger partial charge on any atom is 0.175 e. The molecule has 0 aliphatic carbocycles. The van der Waals surface area contributed by atoms with E-state index in [1.54, 1.807) is 0 Å². The van der Waals surface area contributed by atoms with Crippen LogP contribution in [-0.4, -0.2) is 23.6 Å². The highest BCUT2D eigenvalue weighted by Gasteiger charge is 2.39. The maximum absolute atomic E-state index is 5.67. The lowest BCUT2D eigenvalue weighted by atomic mass is 10.0. The van der Waals surface area contributed by atoms with Crippen LogP contribution in [0.3, 0.4) is 0 Å². The van der Waals surface area contributed by atoms with E-state index in [2.05, 4.69) is 22.9 Å². The predicted octanol–water partition coefficient (Wildman–Crippen LogP) is 1.18. The van der Waals surface area contributed by atoms with Crippen LogP contribution in [0.5, 0.6) is 0 Å². The van der Waals surface area contributed by atoms with E-state index in [-0.39, 0.29) is 5.79 Å². The Morgan fingerprint density at radius 2 is 2.15 bits per heavy atom. The second-order valence-corrected chi connectivity index (χ2v) is 3.73. The summed E-state index contributed by atoms with van der Waals surface area (Å²) in [7, 11) is 0. The SMILES string of the molecule is c1cc2n(c1)CCC1(C2)OCCO1. The van der Waals surface area contributed by atoms with Gasteiger partial charge in [0.2, 0.25) is 0 Å². The Balaban J connectivity index is 1.91. The molecule has 2 aliphatic rings. The summed E-state index contributed by atoms with van der Waals surface area (Å²) in [6.07, 6.45) is 4.01. The molecule has 0 bridgehead atoms. The van der Waals surface area contributed by atoms with Crippen molar-refractivity contribution in [2.24, 2.45) is 0 Å². The number of ether oxygens (including phenoxy) is 2. The van der Waals surface area contributed by atoms with Gasteiger partial charge in [0, 0.05) is 31.3 Å². The van der Waals surface area contributed by atoms with Gasteiger partial charge in [0.1, 0.15) is 0 Å². The van der Waals surface area contributed by atoms with Gasteiger partial charge in [0.25, 0.3) is 0 Å². The normalized spacial score (nSPS) is 24.9. The first-order valence-electron chi connectivity index (χ1n) is 4.80. The van der Waals surface area contributed by atoms with Gasteiger partial charge in [0.15, 0.2) is 5.79 Å². The molecule has 0 radical (unpaired) electrons. The lowest BCUT2D eigenvalue weighted by Crippen LogP contribution is -2.38. The molecule has 0 unspecified atom stereocenters.